The molecule has 0 bridgehead atoms. The van der Waals surface area contributed by atoms with Crippen LogP contribution in [0.4, 0.5) is 26.3 Å². The van der Waals surface area contributed by atoms with Gasteiger partial charge in [-0.25, -0.2) is 0 Å². The second kappa shape index (κ2) is 10.2. The summed E-state index contributed by atoms with van der Waals surface area (Å²) in [5.74, 6) is -1.58. The molecule has 1 aliphatic carbocycles. The largest absolute Gasteiger partial charge is 0.462 e. The highest BCUT2D eigenvalue weighted by Gasteiger charge is 2.70. The smallest absolute Gasteiger partial charge is 0.426 e. The minimum absolute atomic E-state index is 0.0938. The van der Waals surface area contributed by atoms with Gasteiger partial charge in [0.1, 0.15) is 11.7 Å². The Morgan fingerprint density at radius 3 is 1.79 bits per heavy atom. The van der Waals surface area contributed by atoms with E-state index in [1.165, 1.54) is 6.92 Å². The van der Waals surface area contributed by atoms with Gasteiger partial charge in [-0.3, -0.25) is 9.59 Å². The Morgan fingerprint density at radius 2 is 1.41 bits per heavy atom. The molecule has 0 saturated heterocycles. The van der Waals surface area contributed by atoms with Crippen LogP contribution in [0.15, 0.2) is 0 Å². The van der Waals surface area contributed by atoms with E-state index in [0.29, 0.717) is 6.42 Å². The molecule has 1 N–H and O–H groups in total. The van der Waals surface area contributed by atoms with E-state index < -0.39 is 58.8 Å². The summed E-state index contributed by atoms with van der Waals surface area (Å²) in [6.07, 6.45) is -11.8. The quantitative estimate of drug-likeness (QED) is 0.280. The number of ether oxygens (including phenoxy) is 2. The Morgan fingerprint density at radius 1 is 0.941 bits per heavy atom. The fourth-order valence-corrected chi connectivity index (χ4v) is 4.45. The number of carbonyl (C=O) groups is 2. The van der Waals surface area contributed by atoms with E-state index in [2.05, 4.69) is 0 Å². The first-order valence-corrected chi connectivity index (χ1v) is 11.5. The fourth-order valence-electron chi connectivity index (χ4n) is 4.45. The van der Waals surface area contributed by atoms with Crippen molar-refractivity contribution in [2.24, 2.45) is 10.8 Å². The van der Waals surface area contributed by atoms with Crippen LogP contribution in [0.2, 0.25) is 0 Å². The number of hydrogen-bond acceptors (Lipinski definition) is 5. The third-order valence-electron chi connectivity index (χ3n) is 6.96. The van der Waals surface area contributed by atoms with Gasteiger partial charge >= 0.3 is 24.3 Å². The monoisotopic (exact) mass is 506 g/mol. The van der Waals surface area contributed by atoms with E-state index in [0.717, 1.165) is 32.6 Å². The van der Waals surface area contributed by atoms with Crippen molar-refractivity contribution in [3.8, 4) is 0 Å². The normalized spacial score (nSPS) is 19.9. The molecule has 1 fully saturated rings. The Kier molecular flexibility index (Phi) is 9.18. The molecule has 2 unspecified atom stereocenters. The van der Waals surface area contributed by atoms with Gasteiger partial charge in [0.05, 0.1) is 10.8 Å². The van der Waals surface area contributed by atoms with Crippen LogP contribution < -0.4 is 0 Å². The molecule has 5 nitrogen and oxygen atoms in total. The van der Waals surface area contributed by atoms with Gasteiger partial charge < -0.3 is 14.6 Å². The Balaban J connectivity index is 2.98. The summed E-state index contributed by atoms with van der Waals surface area (Å²) < 4.78 is 88.6. The summed E-state index contributed by atoms with van der Waals surface area (Å²) >= 11 is 0. The molecule has 2 atom stereocenters. The molecule has 0 aromatic rings. The third kappa shape index (κ3) is 6.57. The highest BCUT2D eigenvalue weighted by atomic mass is 19.4. The summed E-state index contributed by atoms with van der Waals surface area (Å²) in [5.41, 5.74) is -8.15. The van der Waals surface area contributed by atoms with Crippen LogP contribution in [0.1, 0.15) is 92.9 Å². The van der Waals surface area contributed by atoms with E-state index in [9.17, 15) is 41.0 Å². The first-order chi connectivity index (χ1) is 15.2. The van der Waals surface area contributed by atoms with Crippen molar-refractivity contribution >= 4 is 11.9 Å². The van der Waals surface area contributed by atoms with Crippen LogP contribution in [-0.2, 0) is 19.1 Å². The van der Waals surface area contributed by atoms with Crippen LogP contribution in [0, 0.1) is 10.8 Å². The average Bonchev–Trinajstić information content (AvgIpc) is 3.14. The number of aliphatic hydroxyl groups is 1. The van der Waals surface area contributed by atoms with Crippen LogP contribution in [0.25, 0.3) is 0 Å². The Hall–Kier alpha value is -1.52. The Labute approximate surface area is 196 Å². The predicted molar refractivity (Wildman–Crippen MR) is 112 cm³/mol. The number of halogens is 6. The molecule has 11 heteroatoms. The number of alkyl halides is 6. The number of hydrogen-bond donors (Lipinski definition) is 1. The fraction of sp³-hybridized carbons (Fsp3) is 0.913. The van der Waals surface area contributed by atoms with E-state index in [4.69, 9.17) is 9.47 Å². The molecule has 1 aliphatic rings. The first-order valence-electron chi connectivity index (χ1n) is 11.5. The third-order valence-corrected chi connectivity index (χ3v) is 6.96. The molecule has 0 aromatic carbocycles. The lowest BCUT2D eigenvalue weighted by molar-refractivity contribution is -0.373. The molecule has 0 heterocycles. The molecule has 1 rings (SSSR count). The van der Waals surface area contributed by atoms with Crippen molar-refractivity contribution in [1.82, 2.24) is 0 Å². The highest BCUT2D eigenvalue weighted by molar-refractivity contribution is 5.80. The maximum atomic E-state index is 13.0. The van der Waals surface area contributed by atoms with E-state index in [-0.39, 0.29) is 12.8 Å². The zero-order valence-electron chi connectivity index (χ0n) is 20.6. The second-order valence-corrected chi connectivity index (χ2v) is 10.4. The summed E-state index contributed by atoms with van der Waals surface area (Å²) in [7, 11) is 0. The van der Waals surface area contributed by atoms with Crippen molar-refractivity contribution < 1.29 is 50.5 Å². The lowest BCUT2D eigenvalue weighted by Gasteiger charge is -2.38. The van der Waals surface area contributed by atoms with E-state index in [1.54, 1.807) is 20.8 Å². The van der Waals surface area contributed by atoms with Gasteiger partial charge in [-0.15, -0.1) is 0 Å². The Bertz CT molecular complexity index is 710. The van der Waals surface area contributed by atoms with Crippen molar-refractivity contribution in [2.45, 2.75) is 123 Å². The second-order valence-electron chi connectivity index (χ2n) is 10.4. The molecular weight excluding hydrogens is 470 g/mol. The minimum atomic E-state index is -6.01. The molecule has 0 spiro atoms. The van der Waals surface area contributed by atoms with E-state index >= 15 is 0 Å². The summed E-state index contributed by atoms with van der Waals surface area (Å²) in [5, 5.41) is 9.37. The van der Waals surface area contributed by atoms with Crippen molar-refractivity contribution in [2.75, 3.05) is 0 Å². The summed E-state index contributed by atoms with van der Waals surface area (Å²) in [6.45, 7) is 8.95. The molecule has 1 saturated carbocycles. The predicted octanol–water partition coefficient (Wildman–Crippen LogP) is 6.26. The first kappa shape index (κ1) is 30.5. The zero-order chi connectivity index (χ0) is 26.8. The highest BCUT2D eigenvalue weighted by Crippen LogP contribution is 2.47. The molecule has 0 radical (unpaired) electrons. The minimum Gasteiger partial charge on any atom is -0.462 e. The maximum Gasteiger partial charge on any atom is 0.426 e. The SMILES string of the molecule is CCC1(OC(=O)C(C)(C)CC(C)(CC)C(=O)OC(C)CC(O)(C(F)(F)F)C(F)(F)F)CCCC1. The standard InChI is InChI=1S/C23H36F6O5/c1-7-19(6,14-18(4,5)16(30)34-20(8-2)11-9-10-12-20)17(31)33-15(3)13-21(32,22(24,25)26)23(27,28)29/h15,32H,7-14H2,1-6H3. The van der Waals surface area contributed by atoms with Crippen molar-refractivity contribution in [1.29, 1.82) is 0 Å². The average molecular weight is 507 g/mol. The molecule has 200 valence electrons. The molecule has 0 aliphatic heterocycles. The van der Waals surface area contributed by atoms with Gasteiger partial charge in [-0.1, -0.05) is 13.8 Å². The number of esters is 2. The number of rotatable bonds is 10. The van der Waals surface area contributed by atoms with Gasteiger partial charge in [-0.2, -0.15) is 26.3 Å². The van der Waals surface area contributed by atoms with Crippen molar-refractivity contribution in [3.05, 3.63) is 0 Å². The van der Waals surface area contributed by atoms with E-state index in [1.807, 2.05) is 6.92 Å². The molecule has 0 amide bonds. The van der Waals surface area contributed by atoms with Crippen LogP contribution in [-0.4, -0.2) is 46.7 Å². The zero-order valence-corrected chi connectivity index (χ0v) is 20.6. The van der Waals surface area contributed by atoms with Gasteiger partial charge in [0.2, 0.25) is 0 Å². The van der Waals surface area contributed by atoms with Crippen molar-refractivity contribution in [3.63, 3.8) is 0 Å². The molecule has 34 heavy (non-hydrogen) atoms. The number of carbonyl (C=O) groups excluding carboxylic acids is 2. The molecular formula is C23H36F6O5. The summed E-state index contributed by atoms with van der Waals surface area (Å²) in [6, 6.07) is 0. The van der Waals surface area contributed by atoms with Gasteiger partial charge in [0.15, 0.2) is 0 Å². The van der Waals surface area contributed by atoms with Gasteiger partial charge in [0, 0.05) is 6.42 Å². The van der Waals surface area contributed by atoms with Crippen LogP contribution >= 0.6 is 0 Å². The molecule has 0 aromatic heterocycles. The summed E-state index contributed by atoms with van der Waals surface area (Å²) in [4.78, 5) is 25.8. The maximum absolute atomic E-state index is 13.0. The van der Waals surface area contributed by atoms with Gasteiger partial charge in [-0.05, 0) is 72.6 Å². The topological polar surface area (TPSA) is 72.8 Å². The van der Waals surface area contributed by atoms with Crippen LogP contribution in [0.3, 0.4) is 0 Å². The lowest BCUT2D eigenvalue weighted by Crippen LogP contribution is -2.58. The van der Waals surface area contributed by atoms with Gasteiger partial charge in [0.25, 0.3) is 5.60 Å². The lowest BCUT2D eigenvalue weighted by atomic mass is 9.72. The van der Waals surface area contributed by atoms with Crippen LogP contribution in [0.5, 0.6) is 0 Å².